The summed E-state index contributed by atoms with van der Waals surface area (Å²) in [5.74, 6) is -0.603. The first-order chi connectivity index (χ1) is 13.9. The van der Waals surface area contributed by atoms with E-state index < -0.39 is 37.5 Å². The van der Waals surface area contributed by atoms with E-state index in [0.29, 0.717) is 0 Å². The van der Waals surface area contributed by atoms with Crippen LogP contribution in [-0.4, -0.2) is 51.6 Å². The molecule has 0 aromatic heterocycles. The lowest BCUT2D eigenvalue weighted by Gasteiger charge is -2.33. The van der Waals surface area contributed by atoms with Crippen molar-refractivity contribution in [2.24, 2.45) is 0 Å². The van der Waals surface area contributed by atoms with E-state index >= 15 is 0 Å². The minimum atomic E-state index is -4.57. The quantitative estimate of drug-likeness (QED) is 0.656. The maximum atomic E-state index is 12.8. The average molecular weight is 483 g/mol. The molecule has 0 unspecified atom stereocenters. The van der Waals surface area contributed by atoms with Gasteiger partial charge in [0.25, 0.3) is 0 Å². The molecule has 1 aliphatic heterocycles. The van der Waals surface area contributed by atoms with Crippen LogP contribution < -0.4 is 0 Å². The maximum Gasteiger partial charge on any atom is 0.416 e. The molecule has 0 atom stereocenters. The van der Waals surface area contributed by atoms with E-state index in [1.54, 1.807) is 6.07 Å². The van der Waals surface area contributed by atoms with Crippen LogP contribution in [0.4, 0.5) is 13.2 Å². The van der Waals surface area contributed by atoms with E-state index in [-0.39, 0.29) is 41.7 Å². The van der Waals surface area contributed by atoms with Gasteiger partial charge in [-0.25, -0.2) is 16.8 Å². The molecule has 2 aromatic rings. The molecule has 0 aliphatic carbocycles. The Morgan fingerprint density at radius 2 is 1.47 bits per heavy atom. The maximum absolute atomic E-state index is 12.8. The van der Waals surface area contributed by atoms with Crippen LogP contribution in [0.2, 0.25) is 5.02 Å². The van der Waals surface area contributed by atoms with Crippen LogP contribution >= 0.6 is 11.6 Å². The number of sulfonamides is 2. The Bertz CT molecular complexity index is 1130. The van der Waals surface area contributed by atoms with E-state index in [1.807, 2.05) is 0 Å². The molecule has 0 radical (unpaired) electrons. The lowest BCUT2D eigenvalue weighted by molar-refractivity contribution is -0.137. The highest BCUT2D eigenvalue weighted by atomic mass is 35.5. The van der Waals surface area contributed by atoms with Crippen LogP contribution in [0.3, 0.4) is 0 Å². The van der Waals surface area contributed by atoms with E-state index in [9.17, 15) is 30.0 Å². The van der Waals surface area contributed by atoms with Gasteiger partial charge in [0.1, 0.15) is 4.90 Å². The average Bonchev–Trinajstić information content (AvgIpc) is 2.67. The minimum absolute atomic E-state index is 0.0101. The molecule has 3 rings (SSSR count). The smallest absolute Gasteiger partial charge is 0.212 e. The molecule has 1 fully saturated rings. The third-order valence-corrected chi connectivity index (χ3v) is 8.90. The third-order valence-electron chi connectivity index (χ3n) is 4.65. The van der Waals surface area contributed by atoms with Gasteiger partial charge in [0.15, 0.2) is 0 Å². The van der Waals surface area contributed by atoms with Crippen molar-refractivity contribution >= 4 is 31.6 Å². The van der Waals surface area contributed by atoms with Crippen molar-refractivity contribution in [3.63, 3.8) is 0 Å². The molecule has 164 valence electrons. The molecule has 12 heteroatoms. The standard InChI is InChI=1S/C18H18ClF3N2O4S2/c19-16-6-1-2-7-17(16)30(27,28)24-10-8-23(9-11-24)29(25,26)13-14-4-3-5-15(12-14)18(20,21)22/h1-7,12H,8-11,13H2. The Kier molecular flexibility index (Phi) is 6.49. The molecule has 0 amide bonds. The normalized spacial score (nSPS) is 17.2. The topological polar surface area (TPSA) is 74.8 Å². The Morgan fingerprint density at radius 1 is 0.867 bits per heavy atom. The molecule has 0 N–H and O–H groups in total. The minimum Gasteiger partial charge on any atom is -0.212 e. The SMILES string of the molecule is O=S(=O)(Cc1cccc(C(F)(F)F)c1)N1CCN(S(=O)(=O)c2ccccc2Cl)CC1. The zero-order chi connectivity index (χ0) is 22.2. The summed E-state index contributed by atoms with van der Waals surface area (Å²) >= 11 is 5.97. The molecule has 6 nitrogen and oxygen atoms in total. The highest BCUT2D eigenvalue weighted by molar-refractivity contribution is 7.89. The Hall–Kier alpha value is -1.66. The van der Waals surface area contributed by atoms with Crippen molar-refractivity contribution in [1.82, 2.24) is 8.61 Å². The van der Waals surface area contributed by atoms with Crippen molar-refractivity contribution in [2.75, 3.05) is 26.2 Å². The fraction of sp³-hybridized carbons (Fsp3) is 0.333. The second-order valence-electron chi connectivity index (χ2n) is 6.69. The van der Waals surface area contributed by atoms with Crippen LogP contribution in [0.5, 0.6) is 0 Å². The van der Waals surface area contributed by atoms with Gasteiger partial charge in [-0.3, -0.25) is 0 Å². The van der Waals surface area contributed by atoms with Gasteiger partial charge < -0.3 is 0 Å². The summed E-state index contributed by atoms with van der Waals surface area (Å²) in [6.45, 7) is -0.388. The zero-order valence-electron chi connectivity index (χ0n) is 15.5. The molecule has 2 aromatic carbocycles. The predicted molar refractivity (Wildman–Crippen MR) is 106 cm³/mol. The lowest BCUT2D eigenvalue weighted by Crippen LogP contribution is -2.50. The van der Waals surface area contributed by atoms with Crippen molar-refractivity contribution in [2.45, 2.75) is 16.8 Å². The van der Waals surface area contributed by atoms with Crippen LogP contribution in [0.1, 0.15) is 11.1 Å². The van der Waals surface area contributed by atoms with E-state index in [1.165, 1.54) is 24.3 Å². The largest absolute Gasteiger partial charge is 0.416 e. The molecule has 30 heavy (non-hydrogen) atoms. The summed E-state index contributed by atoms with van der Waals surface area (Å²) in [6.07, 6.45) is -4.57. The fourth-order valence-electron chi connectivity index (χ4n) is 3.12. The summed E-state index contributed by atoms with van der Waals surface area (Å²) in [5, 5.41) is 0.0668. The van der Waals surface area contributed by atoms with Crippen LogP contribution in [0, 0.1) is 0 Å². The molecular weight excluding hydrogens is 465 g/mol. The van der Waals surface area contributed by atoms with Gasteiger partial charge in [-0.15, -0.1) is 0 Å². The Morgan fingerprint density at radius 3 is 2.07 bits per heavy atom. The fourth-order valence-corrected chi connectivity index (χ4v) is 6.54. The predicted octanol–water partition coefficient (Wildman–Crippen LogP) is 3.20. The monoisotopic (exact) mass is 482 g/mol. The highest BCUT2D eigenvalue weighted by Gasteiger charge is 2.35. The molecular formula is C18H18ClF3N2O4S2. The number of halogens is 4. The van der Waals surface area contributed by atoms with E-state index in [0.717, 1.165) is 26.8 Å². The molecule has 0 bridgehead atoms. The van der Waals surface area contributed by atoms with E-state index in [4.69, 9.17) is 11.6 Å². The number of hydrogen-bond donors (Lipinski definition) is 0. The number of alkyl halides is 3. The van der Waals surface area contributed by atoms with Gasteiger partial charge >= 0.3 is 6.18 Å². The lowest BCUT2D eigenvalue weighted by atomic mass is 10.1. The number of piperazine rings is 1. The van der Waals surface area contributed by atoms with Crippen LogP contribution in [0.25, 0.3) is 0 Å². The zero-order valence-corrected chi connectivity index (χ0v) is 17.9. The van der Waals surface area contributed by atoms with Gasteiger partial charge in [-0.1, -0.05) is 41.9 Å². The van der Waals surface area contributed by atoms with Crippen molar-refractivity contribution < 1.29 is 30.0 Å². The molecule has 0 spiro atoms. The van der Waals surface area contributed by atoms with Gasteiger partial charge in [0, 0.05) is 26.2 Å². The number of rotatable bonds is 5. The highest BCUT2D eigenvalue weighted by Crippen LogP contribution is 2.30. The van der Waals surface area contributed by atoms with Crippen LogP contribution in [0.15, 0.2) is 53.4 Å². The molecule has 1 aliphatic rings. The van der Waals surface area contributed by atoms with Gasteiger partial charge in [-0.05, 0) is 23.8 Å². The first kappa shape index (κ1) is 23.0. The molecule has 0 saturated carbocycles. The van der Waals surface area contributed by atoms with Crippen LogP contribution in [-0.2, 0) is 32.0 Å². The molecule has 1 heterocycles. The summed E-state index contributed by atoms with van der Waals surface area (Å²) in [6, 6.07) is 10.1. The Balaban J connectivity index is 1.71. The van der Waals surface area contributed by atoms with Crippen molar-refractivity contribution in [1.29, 1.82) is 0 Å². The molecule has 1 saturated heterocycles. The number of hydrogen-bond acceptors (Lipinski definition) is 4. The number of benzene rings is 2. The second kappa shape index (κ2) is 8.46. The first-order valence-electron chi connectivity index (χ1n) is 8.80. The third kappa shape index (κ3) is 4.97. The summed E-state index contributed by atoms with van der Waals surface area (Å²) in [4.78, 5) is -0.0630. The number of nitrogens with zero attached hydrogens (tertiary/aromatic N) is 2. The summed E-state index contributed by atoms with van der Waals surface area (Å²) in [5.41, 5.74) is -0.915. The second-order valence-corrected chi connectivity index (χ2v) is 11.0. The van der Waals surface area contributed by atoms with Gasteiger partial charge in [-0.2, -0.15) is 21.8 Å². The Labute approximate surface area is 178 Å². The summed E-state index contributed by atoms with van der Waals surface area (Å²) in [7, 11) is -7.81. The first-order valence-corrected chi connectivity index (χ1v) is 12.2. The van der Waals surface area contributed by atoms with Gasteiger partial charge in [0.05, 0.1) is 16.3 Å². The summed E-state index contributed by atoms with van der Waals surface area (Å²) < 4.78 is 91.6. The van der Waals surface area contributed by atoms with Gasteiger partial charge in [0.2, 0.25) is 20.0 Å². The van der Waals surface area contributed by atoms with Crippen molar-refractivity contribution in [3.8, 4) is 0 Å². The van der Waals surface area contributed by atoms with Crippen molar-refractivity contribution in [3.05, 3.63) is 64.7 Å². The van der Waals surface area contributed by atoms with E-state index in [2.05, 4.69) is 0 Å².